The van der Waals surface area contributed by atoms with E-state index in [1.807, 2.05) is 58.6 Å². The quantitative estimate of drug-likeness (QED) is 0.346. The van der Waals surface area contributed by atoms with Gasteiger partial charge in [-0.05, 0) is 30.5 Å². The molecule has 0 saturated carbocycles. The Morgan fingerprint density at radius 3 is 2.77 bits per heavy atom. The van der Waals surface area contributed by atoms with Gasteiger partial charge in [0, 0.05) is 11.1 Å². The third kappa shape index (κ3) is 4.39. The Hall–Kier alpha value is -3.00. The molecule has 1 atom stereocenters. The summed E-state index contributed by atoms with van der Waals surface area (Å²) in [6.45, 7) is 1.84. The molecular weight excluding hydrogens is 450 g/mol. The molecule has 4 aromatic rings. The molecule has 3 aromatic heterocycles. The second-order valence-corrected chi connectivity index (χ2v) is 9.21. The maximum atomic E-state index is 12.8. The second kappa shape index (κ2) is 9.43. The fraction of sp³-hybridized carbons (Fsp3) is 0.190. The second-order valence-electron chi connectivity index (χ2n) is 6.43. The monoisotopic (exact) mass is 467 g/mol. The number of nitrogens with zero attached hydrogens (tertiary/aromatic N) is 5. The third-order valence-corrected chi connectivity index (χ3v) is 7.22. The number of hydrogen-bond donors (Lipinski definition) is 0. The van der Waals surface area contributed by atoms with Gasteiger partial charge >= 0.3 is 0 Å². The number of methoxy groups -OCH3 is 1. The van der Waals surface area contributed by atoms with Gasteiger partial charge in [0.05, 0.1) is 29.5 Å². The number of rotatable bonds is 8. The number of thiophene rings is 1. The van der Waals surface area contributed by atoms with E-state index in [2.05, 4.69) is 21.3 Å². The van der Waals surface area contributed by atoms with E-state index in [0.717, 1.165) is 16.3 Å². The van der Waals surface area contributed by atoms with Crippen molar-refractivity contribution in [2.24, 2.45) is 0 Å². The van der Waals surface area contributed by atoms with E-state index in [0.29, 0.717) is 21.7 Å². The van der Waals surface area contributed by atoms with Crippen molar-refractivity contribution in [1.29, 1.82) is 5.26 Å². The number of nitriles is 1. The summed E-state index contributed by atoms with van der Waals surface area (Å²) in [6, 6.07) is 13.6. The molecule has 10 heteroatoms. The highest BCUT2D eigenvalue weighted by atomic mass is 32.2. The number of hydrogen-bond acceptors (Lipinski definition) is 9. The number of ether oxygens (including phenoxy) is 1. The number of ketones is 1. The molecule has 0 N–H and O–H groups in total. The fourth-order valence-electron chi connectivity index (χ4n) is 2.95. The lowest BCUT2D eigenvalue weighted by molar-refractivity contribution is -0.116. The van der Waals surface area contributed by atoms with Crippen LogP contribution in [0.4, 0.5) is 0 Å². The van der Waals surface area contributed by atoms with E-state index in [1.165, 1.54) is 23.1 Å². The van der Waals surface area contributed by atoms with Crippen molar-refractivity contribution >= 4 is 40.2 Å². The van der Waals surface area contributed by atoms with E-state index in [1.54, 1.807) is 18.4 Å². The van der Waals surface area contributed by atoms with Crippen molar-refractivity contribution in [1.82, 2.24) is 19.7 Å². The highest BCUT2D eigenvalue weighted by molar-refractivity contribution is 7.99. The summed E-state index contributed by atoms with van der Waals surface area (Å²) in [7, 11) is 1.61. The molecule has 7 nitrogen and oxygen atoms in total. The Labute approximate surface area is 191 Å². The zero-order valence-corrected chi connectivity index (χ0v) is 19.1. The molecule has 1 aromatic carbocycles. The molecule has 31 heavy (non-hydrogen) atoms. The van der Waals surface area contributed by atoms with Gasteiger partial charge in [-0.2, -0.15) is 5.26 Å². The van der Waals surface area contributed by atoms with Crippen molar-refractivity contribution in [2.45, 2.75) is 18.0 Å². The van der Waals surface area contributed by atoms with Crippen molar-refractivity contribution < 1.29 is 9.53 Å². The molecule has 0 aliphatic rings. The van der Waals surface area contributed by atoms with Gasteiger partial charge in [-0.1, -0.05) is 30.0 Å². The topological polar surface area (TPSA) is 93.7 Å². The van der Waals surface area contributed by atoms with Crippen LogP contribution in [0.5, 0.6) is 5.75 Å². The number of benzene rings is 1. The van der Waals surface area contributed by atoms with E-state index in [-0.39, 0.29) is 11.5 Å². The minimum absolute atomic E-state index is 0.0780. The molecule has 0 aliphatic heterocycles. The van der Waals surface area contributed by atoms with Crippen LogP contribution in [0.2, 0.25) is 0 Å². The number of thioether (sulfide) groups is 1. The maximum Gasteiger partial charge on any atom is 0.196 e. The Bertz CT molecular complexity index is 1240. The van der Waals surface area contributed by atoms with E-state index in [9.17, 15) is 10.1 Å². The molecule has 156 valence electrons. The van der Waals surface area contributed by atoms with Gasteiger partial charge in [-0.15, -0.1) is 32.9 Å². The lowest BCUT2D eigenvalue weighted by Gasteiger charge is -2.13. The maximum absolute atomic E-state index is 12.8. The van der Waals surface area contributed by atoms with Crippen LogP contribution in [0.3, 0.4) is 0 Å². The number of carbonyl (C=O) groups excluding carboxylic acids is 1. The molecule has 0 unspecified atom stereocenters. The third-order valence-electron chi connectivity index (χ3n) is 4.38. The Morgan fingerprint density at radius 2 is 2.10 bits per heavy atom. The minimum atomic E-state index is -0.884. The summed E-state index contributed by atoms with van der Waals surface area (Å²) in [6.07, 6.45) is 0. The Balaban J connectivity index is 1.66. The minimum Gasteiger partial charge on any atom is -0.495 e. The number of thiazole rings is 1. The number of aromatic nitrogens is 4. The van der Waals surface area contributed by atoms with Gasteiger partial charge in [0.1, 0.15) is 10.8 Å². The summed E-state index contributed by atoms with van der Waals surface area (Å²) in [5, 5.41) is 23.1. The van der Waals surface area contributed by atoms with Crippen LogP contribution in [-0.2, 0) is 4.79 Å². The van der Waals surface area contributed by atoms with Crippen LogP contribution in [0, 0.1) is 18.3 Å². The molecule has 0 spiro atoms. The largest absolute Gasteiger partial charge is 0.495 e. The van der Waals surface area contributed by atoms with Crippen LogP contribution in [0.15, 0.2) is 52.3 Å². The lowest BCUT2D eigenvalue weighted by Crippen LogP contribution is -2.14. The first kappa shape index (κ1) is 21.2. The first-order valence-electron chi connectivity index (χ1n) is 9.22. The molecule has 3 heterocycles. The molecule has 0 aliphatic carbocycles. The van der Waals surface area contributed by atoms with Gasteiger partial charge in [0.25, 0.3) is 0 Å². The number of carbonyl (C=O) groups is 1. The summed E-state index contributed by atoms with van der Waals surface area (Å²) in [5.41, 5.74) is 1.58. The van der Waals surface area contributed by atoms with Crippen molar-refractivity contribution in [3.63, 3.8) is 0 Å². The molecule has 0 amide bonds. The van der Waals surface area contributed by atoms with Gasteiger partial charge in [0.2, 0.25) is 0 Å². The number of Topliss-reactive ketones (excluding diaryl/α,β-unsaturated/α-hetero) is 1. The average Bonchev–Trinajstić information content (AvgIpc) is 3.53. The summed E-state index contributed by atoms with van der Waals surface area (Å²) < 4.78 is 7.43. The van der Waals surface area contributed by atoms with Crippen molar-refractivity contribution in [3.05, 3.63) is 57.9 Å². The average molecular weight is 468 g/mol. The van der Waals surface area contributed by atoms with Gasteiger partial charge in [-0.3, -0.25) is 9.36 Å². The predicted octanol–water partition coefficient (Wildman–Crippen LogP) is 4.74. The van der Waals surface area contributed by atoms with Crippen molar-refractivity contribution in [3.8, 4) is 28.2 Å². The predicted molar refractivity (Wildman–Crippen MR) is 122 cm³/mol. The van der Waals surface area contributed by atoms with Crippen LogP contribution in [-0.4, -0.2) is 38.4 Å². The first-order valence-corrected chi connectivity index (χ1v) is 12.0. The normalized spacial score (nSPS) is 11.8. The Morgan fingerprint density at radius 1 is 1.26 bits per heavy atom. The molecule has 0 bridgehead atoms. The highest BCUT2D eigenvalue weighted by Gasteiger charge is 2.25. The molecule has 0 fully saturated rings. The SMILES string of the molecule is COc1ccccc1-n1c(SCC(=O)[C@H](C#N)c2nc(C)cs2)nnc1-c1cccs1. The summed E-state index contributed by atoms with van der Waals surface area (Å²) >= 11 is 4.13. The first-order chi connectivity index (χ1) is 15.1. The van der Waals surface area contributed by atoms with Crippen LogP contribution in [0.1, 0.15) is 16.6 Å². The number of para-hydroxylation sites is 2. The zero-order valence-electron chi connectivity index (χ0n) is 16.7. The van der Waals surface area contributed by atoms with Gasteiger partial charge < -0.3 is 4.74 Å². The zero-order chi connectivity index (χ0) is 21.8. The molecular formula is C21H17N5O2S3. The highest BCUT2D eigenvalue weighted by Crippen LogP contribution is 2.34. The Kier molecular flexibility index (Phi) is 6.46. The fourth-order valence-corrected chi connectivity index (χ4v) is 5.36. The van der Waals surface area contributed by atoms with Crippen LogP contribution in [0.25, 0.3) is 16.4 Å². The van der Waals surface area contributed by atoms with Crippen LogP contribution < -0.4 is 4.74 Å². The van der Waals surface area contributed by atoms with E-state index < -0.39 is 5.92 Å². The number of aryl methyl sites for hydroxylation is 1. The lowest BCUT2D eigenvalue weighted by atomic mass is 10.1. The van der Waals surface area contributed by atoms with Crippen molar-refractivity contribution in [2.75, 3.05) is 12.9 Å². The summed E-state index contributed by atoms with van der Waals surface area (Å²) in [4.78, 5) is 18.1. The van der Waals surface area contributed by atoms with E-state index >= 15 is 0 Å². The van der Waals surface area contributed by atoms with E-state index in [4.69, 9.17) is 4.74 Å². The van der Waals surface area contributed by atoms with Gasteiger partial charge in [0.15, 0.2) is 22.7 Å². The van der Waals surface area contributed by atoms with Gasteiger partial charge in [-0.25, -0.2) is 4.98 Å². The molecule has 4 rings (SSSR count). The summed E-state index contributed by atoms with van der Waals surface area (Å²) in [5.74, 6) is 0.317. The molecule has 0 radical (unpaired) electrons. The standard InChI is InChI=1S/C21H17N5O2S3/c1-13-11-30-20(23-13)14(10-22)16(27)12-31-21-25-24-19(18-8-5-9-29-18)26(21)15-6-3-4-7-17(15)28-2/h3-9,11,14H,12H2,1-2H3/t14-/m0/s1. The smallest absolute Gasteiger partial charge is 0.196 e. The van der Waals surface area contributed by atoms with Crippen LogP contribution >= 0.6 is 34.4 Å². The molecule has 0 saturated heterocycles.